The molecule has 124 valence electrons. The standard InChI is InChI=1S/C15H16F3N3OS/c16-15(17,18)13-4-3-12(7-11(13)8-19)21-14(22)20-5-6-23-9-10-1-2-10/h3-4,7,10H,1-2,5-6,9H2,(H2,20,21,22). The van der Waals surface area contributed by atoms with Gasteiger partial charge in [-0.15, -0.1) is 0 Å². The zero-order valence-electron chi connectivity index (χ0n) is 12.2. The highest BCUT2D eigenvalue weighted by molar-refractivity contribution is 7.99. The van der Waals surface area contributed by atoms with E-state index in [-0.39, 0.29) is 5.69 Å². The minimum Gasteiger partial charge on any atom is -0.337 e. The Hall–Kier alpha value is -1.88. The van der Waals surface area contributed by atoms with Crippen molar-refractivity contribution in [3.8, 4) is 6.07 Å². The van der Waals surface area contributed by atoms with Gasteiger partial charge in [0.25, 0.3) is 0 Å². The molecule has 1 aliphatic rings. The van der Waals surface area contributed by atoms with Crippen LogP contribution in [0.1, 0.15) is 24.0 Å². The van der Waals surface area contributed by atoms with E-state index >= 15 is 0 Å². The molecule has 0 bridgehead atoms. The molecule has 2 rings (SSSR count). The van der Waals surface area contributed by atoms with Crippen LogP contribution in [0.15, 0.2) is 18.2 Å². The third-order valence-electron chi connectivity index (χ3n) is 3.29. The summed E-state index contributed by atoms with van der Waals surface area (Å²) in [7, 11) is 0. The Morgan fingerprint density at radius 1 is 1.39 bits per heavy atom. The first-order chi connectivity index (χ1) is 10.9. The lowest BCUT2D eigenvalue weighted by atomic mass is 10.1. The zero-order chi connectivity index (χ0) is 16.9. The molecule has 1 saturated carbocycles. The summed E-state index contributed by atoms with van der Waals surface area (Å²) in [5, 5.41) is 13.9. The largest absolute Gasteiger partial charge is 0.417 e. The Morgan fingerprint density at radius 3 is 2.74 bits per heavy atom. The van der Waals surface area contributed by atoms with Crippen LogP contribution in [0.25, 0.3) is 0 Å². The van der Waals surface area contributed by atoms with Crippen LogP contribution in [-0.4, -0.2) is 24.1 Å². The molecule has 4 nitrogen and oxygen atoms in total. The molecule has 1 fully saturated rings. The number of carbonyl (C=O) groups is 1. The minimum absolute atomic E-state index is 0.151. The van der Waals surface area contributed by atoms with Crippen molar-refractivity contribution in [3.05, 3.63) is 29.3 Å². The lowest BCUT2D eigenvalue weighted by Crippen LogP contribution is -2.30. The summed E-state index contributed by atoms with van der Waals surface area (Å²) < 4.78 is 38.0. The second-order valence-electron chi connectivity index (χ2n) is 5.27. The zero-order valence-corrected chi connectivity index (χ0v) is 13.1. The van der Waals surface area contributed by atoms with Gasteiger partial charge in [-0.05, 0) is 42.7 Å². The van der Waals surface area contributed by atoms with E-state index in [9.17, 15) is 18.0 Å². The van der Waals surface area contributed by atoms with Crippen molar-refractivity contribution in [2.24, 2.45) is 5.92 Å². The molecule has 0 aliphatic heterocycles. The molecule has 1 aliphatic carbocycles. The third-order valence-corrected chi connectivity index (χ3v) is 4.49. The molecular formula is C15H16F3N3OS. The summed E-state index contributed by atoms with van der Waals surface area (Å²) in [6.45, 7) is 0.481. The minimum atomic E-state index is -4.59. The summed E-state index contributed by atoms with van der Waals surface area (Å²) in [5.74, 6) is 2.72. The smallest absolute Gasteiger partial charge is 0.337 e. The van der Waals surface area contributed by atoms with Crippen molar-refractivity contribution in [3.63, 3.8) is 0 Å². The Morgan fingerprint density at radius 2 is 2.13 bits per heavy atom. The number of hydrogen-bond donors (Lipinski definition) is 2. The first-order valence-electron chi connectivity index (χ1n) is 7.14. The molecule has 0 atom stereocenters. The van der Waals surface area contributed by atoms with E-state index in [2.05, 4.69) is 10.6 Å². The van der Waals surface area contributed by atoms with Crippen molar-refractivity contribution >= 4 is 23.5 Å². The highest BCUT2D eigenvalue weighted by Gasteiger charge is 2.33. The van der Waals surface area contributed by atoms with Crippen molar-refractivity contribution < 1.29 is 18.0 Å². The molecule has 0 unspecified atom stereocenters. The number of hydrogen-bond acceptors (Lipinski definition) is 3. The third kappa shape index (κ3) is 5.67. The van der Waals surface area contributed by atoms with Gasteiger partial charge in [0.1, 0.15) is 0 Å². The van der Waals surface area contributed by atoms with Crippen LogP contribution in [-0.2, 0) is 6.18 Å². The van der Waals surface area contributed by atoms with Gasteiger partial charge in [-0.1, -0.05) is 0 Å². The summed E-state index contributed by atoms with van der Waals surface area (Å²) in [5.41, 5.74) is -1.38. The number of rotatable bonds is 6. The lowest BCUT2D eigenvalue weighted by molar-refractivity contribution is -0.137. The maximum absolute atomic E-state index is 12.7. The Balaban J connectivity index is 1.81. The highest BCUT2D eigenvalue weighted by Crippen LogP contribution is 2.33. The molecule has 8 heteroatoms. The van der Waals surface area contributed by atoms with Crippen molar-refractivity contribution in [1.29, 1.82) is 5.26 Å². The van der Waals surface area contributed by atoms with E-state index in [1.807, 2.05) is 0 Å². The van der Waals surface area contributed by atoms with E-state index < -0.39 is 23.3 Å². The highest BCUT2D eigenvalue weighted by atomic mass is 32.2. The number of alkyl halides is 3. The average molecular weight is 343 g/mol. The summed E-state index contributed by atoms with van der Waals surface area (Å²) in [6.07, 6.45) is -2.02. The number of thioether (sulfide) groups is 1. The van der Waals surface area contributed by atoms with Gasteiger partial charge >= 0.3 is 12.2 Å². The van der Waals surface area contributed by atoms with Crippen LogP contribution in [0.4, 0.5) is 23.7 Å². The van der Waals surface area contributed by atoms with E-state index in [4.69, 9.17) is 5.26 Å². The van der Waals surface area contributed by atoms with E-state index in [0.717, 1.165) is 35.6 Å². The predicted octanol–water partition coefficient (Wildman–Crippen LogP) is 3.84. The van der Waals surface area contributed by atoms with Crippen LogP contribution in [0.3, 0.4) is 0 Å². The van der Waals surface area contributed by atoms with Crippen LogP contribution in [0, 0.1) is 17.2 Å². The van der Waals surface area contributed by atoms with Gasteiger partial charge in [0, 0.05) is 18.0 Å². The van der Waals surface area contributed by atoms with E-state index in [1.54, 1.807) is 11.8 Å². The number of nitrogens with zero attached hydrogens (tertiary/aromatic N) is 1. The van der Waals surface area contributed by atoms with Crippen LogP contribution in [0.2, 0.25) is 0 Å². The van der Waals surface area contributed by atoms with Gasteiger partial charge in [-0.3, -0.25) is 0 Å². The molecule has 0 radical (unpaired) electrons. The van der Waals surface area contributed by atoms with Crippen molar-refractivity contribution in [2.45, 2.75) is 19.0 Å². The number of urea groups is 1. The quantitative estimate of drug-likeness (QED) is 0.771. The Kier molecular flexibility index (Phi) is 5.77. The molecule has 2 amide bonds. The molecule has 0 heterocycles. The first-order valence-corrected chi connectivity index (χ1v) is 8.29. The summed E-state index contributed by atoms with van der Waals surface area (Å²) >= 11 is 1.77. The first kappa shape index (κ1) is 17.5. The molecule has 1 aromatic rings. The number of carbonyl (C=O) groups excluding carboxylic acids is 1. The van der Waals surface area contributed by atoms with Gasteiger partial charge in [-0.2, -0.15) is 30.2 Å². The van der Waals surface area contributed by atoms with Crippen molar-refractivity contribution in [2.75, 3.05) is 23.4 Å². The molecule has 1 aromatic carbocycles. The van der Waals surface area contributed by atoms with Gasteiger partial charge < -0.3 is 10.6 Å². The fraction of sp³-hybridized carbons (Fsp3) is 0.467. The molecular weight excluding hydrogens is 327 g/mol. The van der Waals surface area contributed by atoms with Gasteiger partial charge in [0.2, 0.25) is 0 Å². The number of nitriles is 1. The summed E-state index contributed by atoms with van der Waals surface area (Å²) in [4.78, 5) is 11.7. The van der Waals surface area contributed by atoms with Gasteiger partial charge in [-0.25, -0.2) is 4.79 Å². The van der Waals surface area contributed by atoms with Crippen LogP contribution >= 0.6 is 11.8 Å². The van der Waals surface area contributed by atoms with Gasteiger partial charge in [0.15, 0.2) is 0 Å². The topological polar surface area (TPSA) is 64.9 Å². The number of amides is 2. The number of nitrogens with one attached hydrogen (secondary N) is 2. The summed E-state index contributed by atoms with van der Waals surface area (Å²) in [6, 6.07) is 3.94. The number of anilines is 1. The van der Waals surface area contributed by atoms with E-state index in [0.29, 0.717) is 6.54 Å². The number of halogens is 3. The molecule has 23 heavy (non-hydrogen) atoms. The maximum Gasteiger partial charge on any atom is 0.417 e. The number of benzene rings is 1. The second kappa shape index (κ2) is 7.59. The average Bonchev–Trinajstić information content (AvgIpc) is 3.29. The van der Waals surface area contributed by atoms with Crippen LogP contribution < -0.4 is 10.6 Å². The second-order valence-corrected chi connectivity index (χ2v) is 6.42. The fourth-order valence-corrected chi connectivity index (χ4v) is 2.99. The normalized spacial score (nSPS) is 14.2. The lowest BCUT2D eigenvalue weighted by Gasteiger charge is -2.11. The van der Waals surface area contributed by atoms with Crippen LogP contribution in [0.5, 0.6) is 0 Å². The monoisotopic (exact) mass is 343 g/mol. The molecule has 0 spiro atoms. The maximum atomic E-state index is 12.7. The molecule has 2 N–H and O–H groups in total. The van der Waals surface area contributed by atoms with E-state index in [1.165, 1.54) is 18.9 Å². The predicted molar refractivity (Wildman–Crippen MR) is 83.2 cm³/mol. The molecule has 0 saturated heterocycles. The Bertz CT molecular complexity index is 609. The molecule has 0 aromatic heterocycles. The Labute approximate surface area is 136 Å². The van der Waals surface area contributed by atoms with Gasteiger partial charge in [0.05, 0.1) is 17.2 Å². The SMILES string of the molecule is N#Cc1cc(NC(=O)NCCSCC2CC2)ccc1C(F)(F)F. The fourth-order valence-electron chi connectivity index (χ4n) is 1.91. The van der Waals surface area contributed by atoms with Crippen molar-refractivity contribution in [1.82, 2.24) is 5.32 Å².